The summed E-state index contributed by atoms with van der Waals surface area (Å²) in [7, 11) is -3.88. The largest absolute Gasteiger partial charge is 0.494 e. The van der Waals surface area contributed by atoms with Crippen molar-refractivity contribution < 1.29 is 17.9 Å². The Bertz CT molecular complexity index is 843. The molecule has 140 valence electrons. The van der Waals surface area contributed by atoms with E-state index in [1.807, 2.05) is 34.6 Å². The summed E-state index contributed by atoms with van der Waals surface area (Å²) in [5.41, 5.74) is 1.44. The molecule has 0 radical (unpaired) electrons. The Kier molecular flexibility index (Phi) is 6.18. The van der Waals surface area contributed by atoms with Crippen LogP contribution in [0.3, 0.4) is 0 Å². The van der Waals surface area contributed by atoms with Crippen LogP contribution in [0.1, 0.15) is 34.6 Å². The molecule has 0 amide bonds. The average molecular weight is 375 g/mol. The molecule has 0 unspecified atom stereocenters. The fourth-order valence-electron chi connectivity index (χ4n) is 2.63. The van der Waals surface area contributed by atoms with E-state index in [9.17, 15) is 13.2 Å². The minimum atomic E-state index is -3.88. The number of hydrogen-bond acceptors (Lipinski definition) is 4. The van der Waals surface area contributed by atoms with E-state index < -0.39 is 10.0 Å². The van der Waals surface area contributed by atoms with Crippen LogP contribution in [-0.4, -0.2) is 26.5 Å². The third-order valence-corrected chi connectivity index (χ3v) is 5.35. The van der Waals surface area contributed by atoms with Crippen molar-refractivity contribution in [2.24, 2.45) is 16.2 Å². The molecule has 1 aromatic rings. The van der Waals surface area contributed by atoms with Crippen molar-refractivity contribution >= 4 is 21.5 Å². The van der Waals surface area contributed by atoms with Gasteiger partial charge in [-0.25, -0.2) is 0 Å². The van der Waals surface area contributed by atoms with Crippen LogP contribution in [0.15, 0.2) is 56.9 Å². The fourth-order valence-corrected chi connectivity index (χ4v) is 3.60. The Morgan fingerprint density at radius 1 is 0.962 bits per heavy atom. The SMILES string of the molecule is CCOc1ccc(S(=O)(=O)N=C2C=C(C(C)C)C(=O)C(C(C)C)=C2)cc1. The summed E-state index contributed by atoms with van der Waals surface area (Å²) in [5, 5.41) is 0. The number of ketones is 1. The normalized spacial score (nSPS) is 15.2. The number of allylic oxidation sites excluding steroid dienone is 4. The standard InChI is InChI=1S/C20H25NO4S/c1-6-25-16-7-9-17(10-8-16)26(23,24)21-15-11-18(13(2)3)20(22)19(12-15)14(4)5/h7-14H,6H2,1-5H3. The molecule has 26 heavy (non-hydrogen) atoms. The van der Waals surface area contributed by atoms with Crippen LogP contribution >= 0.6 is 0 Å². The number of Topliss-reactive ketones (excluding diaryl/α,β-unsaturated/α-hetero) is 1. The third kappa shape index (κ3) is 4.49. The van der Waals surface area contributed by atoms with Crippen LogP contribution in [0.25, 0.3) is 0 Å². The number of nitrogens with zero attached hydrogens (tertiary/aromatic N) is 1. The molecule has 0 bridgehead atoms. The number of benzene rings is 1. The van der Waals surface area contributed by atoms with Crippen LogP contribution in [0.5, 0.6) is 5.75 Å². The summed E-state index contributed by atoms with van der Waals surface area (Å²) in [6.07, 6.45) is 3.15. The lowest BCUT2D eigenvalue weighted by Crippen LogP contribution is -2.21. The molecule has 0 N–H and O–H groups in total. The van der Waals surface area contributed by atoms with Gasteiger partial charge in [0, 0.05) is 11.1 Å². The van der Waals surface area contributed by atoms with Gasteiger partial charge in [0.2, 0.25) is 0 Å². The molecule has 2 rings (SSSR count). The highest BCUT2D eigenvalue weighted by molar-refractivity contribution is 7.90. The predicted molar refractivity (Wildman–Crippen MR) is 103 cm³/mol. The Labute approximate surface area is 155 Å². The minimum Gasteiger partial charge on any atom is -0.494 e. The van der Waals surface area contributed by atoms with E-state index in [1.54, 1.807) is 24.3 Å². The molecule has 0 heterocycles. The van der Waals surface area contributed by atoms with E-state index >= 15 is 0 Å². The van der Waals surface area contributed by atoms with Gasteiger partial charge in [0.15, 0.2) is 5.78 Å². The zero-order valence-electron chi connectivity index (χ0n) is 15.8. The van der Waals surface area contributed by atoms with Gasteiger partial charge in [-0.15, -0.1) is 0 Å². The van der Waals surface area contributed by atoms with Gasteiger partial charge in [0.05, 0.1) is 17.2 Å². The summed E-state index contributed by atoms with van der Waals surface area (Å²) in [6, 6.07) is 6.15. The smallest absolute Gasteiger partial charge is 0.282 e. The number of rotatable bonds is 6. The van der Waals surface area contributed by atoms with E-state index in [4.69, 9.17) is 4.74 Å². The highest BCUT2D eigenvalue weighted by atomic mass is 32.2. The first kappa shape index (κ1) is 20.1. The summed E-state index contributed by atoms with van der Waals surface area (Å²) >= 11 is 0. The number of carbonyl (C=O) groups is 1. The topological polar surface area (TPSA) is 72.8 Å². The number of ether oxygens (including phenoxy) is 1. The lowest BCUT2D eigenvalue weighted by molar-refractivity contribution is -0.113. The van der Waals surface area contributed by atoms with Crippen molar-refractivity contribution in [3.63, 3.8) is 0 Å². The molecule has 0 spiro atoms. The van der Waals surface area contributed by atoms with Crippen molar-refractivity contribution in [2.75, 3.05) is 6.61 Å². The van der Waals surface area contributed by atoms with Crippen molar-refractivity contribution in [1.82, 2.24) is 0 Å². The third-order valence-electron chi connectivity index (χ3n) is 4.03. The molecular weight excluding hydrogens is 350 g/mol. The van der Waals surface area contributed by atoms with Crippen LogP contribution in [0, 0.1) is 11.8 Å². The van der Waals surface area contributed by atoms with Crippen molar-refractivity contribution in [3.05, 3.63) is 47.6 Å². The van der Waals surface area contributed by atoms with Gasteiger partial charge in [-0.2, -0.15) is 12.8 Å². The molecule has 1 aliphatic rings. The molecule has 5 nitrogen and oxygen atoms in total. The first-order chi connectivity index (χ1) is 12.2. The zero-order valence-corrected chi connectivity index (χ0v) is 16.6. The minimum absolute atomic E-state index is 0.0108. The summed E-state index contributed by atoms with van der Waals surface area (Å²) in [6.45, 7) is 10.0. The van der Waals surface area contributed by atoms with Gasteiger partial charge in [0.1, 0.15) is 5.75 Å². The second-order valence-electron chi connectivity index (χ2n) is 6.73. The van der Waals surface area contributed by atoms with Crippen LogP contribution in [0.2, 0.25) is 0 Å². The van der Waals surface area contributed by atoms with E-state index in [-0.39, 0.29) is 28.2 Å². The molecule has 1 aromatic carbocycles. The molecule has 0 fully saturated rings. The van der Waals surface area contributed by atoms with Gasteiger partial charge < -0.3 is 4.74 Å². The van der Waals surface area contributed by atoms with Gasteiger partial charge >= 0.3 is 0 Å². The Balaban J connectivity index is 2.46. The van der Waals surface area contributed by atoms with Crippen molar-refractivity contribution in [1.29, 1.82) is 0 Å². The highest BCUT2D eigenvalue weighted by Gasteiger charge is 2.25. The fraction of sp³-hybridized carbons (Fsp3) is 0.400. The summed E-state index contributed by atoms with van der Waals surface area (Å²) in [5.74, 6) is 0.547. The molecule has 0 saturated heterocycles. The molecule has 0 aliphatic heterocycles. The van der Waals surface area contributed by atoms with Gasteiger partial charge in [-0.1, -0.05) is 27.7 Å². The summed E-state index contributed by atoms with van der Waals surface area (Å²) < 4.78 is 34.6. The first-order valence-corrected chi connectivity index (χ1v) is 10.2. The Hall–Kier alpha value is -2.21. The number of carbonyl (C=O) groups excluding carboxylic acids is 1. The second kappa shape index (κ2) is 7.99. The monoisotopic (exact) mass is 375 g/mol. The molecule has 6 heteroatoms. The molecule has 1 aliphatic carbocycles. The summed E-state index contributed by atoms with van der Waals surface area (Å²) in [4.78, 5) is 12.6. The van der Waals surface area contributed by atoms with E-state index in [2.05, 4.69) is 4.40 Å². The van der Waals surface area contributed by atoms with Crippen LogP contribution in [0.4, 0.5) is 0 Å². The number of hydrogen-bond donors (Lipinski definition) is 0. The lowest BCUT2D eigenvalue weighted by atomic mass is 9.84. The van der Waals surface area contributed by atoms with Gasteiger partial charge in [-0.3, -0.25) is 4.79 Å². The van der Waals surface area contributed by atoms with Gasteiger partial charge in [0.25, 0.3) is 10.0 Å². The van der Waals surface area contributed by atoms with E-state index in [0.29, 0.717) is 23.5 Å². The maximum atomic E-state index is 12.6. The molecule has 0 atom stereocenters. The highest BCUT2D eigenvalue weighted by Crippen LogP contribution is 2.26. The molecular formula is C20H25NO4S. The number of sulfonamides is 1. The molecule has 0 saturated carbocycles. The first-order valence-electron chi connectivity index (χ1n) is 8.71. The Morgan fingerprint density at radius 2 is 1.46 bits per heavy atom. The van der Waals surface area contributed by atoms with Crippen LogP contribution in [-0.2, 0) is 14.8 Å². The van der Waals surface area contributed by atoms with Gasteiger partial charge in [-0.05, 0) is 55.2 Å². The second-order valence-corrected chi connectivity index (χ2v) is 8.34. The van der Waals surface area contributed by atoms with Crippen molar-refractivity contribution in [2.45, 2.75) is 39.5 Å². The lowest BCUT2D eigenvalue weighted by Gasteiger charge is -2.20. The maximum absolute atomic E-state index is 12.6. The van der Waals surface area contributed by atoms with Crippen molar-refractivity contribution in [3.8, 4) is 5.75 Å². The maximum Gasteiger partial charge on any atom is 0.282 e. The van der Waals surface area contributed by atoms with E-state index in [0.717, 1.165) is 0 Å². The van der Waals surface area contributed by atoms with Crippen LogP contribution < -0.4 is 4.74 Å². The predicted octanol–water partition coefficient (Wildman–Crippen LogP) is 3.96. The van der Waals surface area contributed by atoms with E-state index in [1.165, 1.54) is 12.1 Å². The average Bonchev–Trinajstić information content (AvgIpc) is 2.56. The zero-order chi connectivity index (χ0) is 19.5. The molecule has 0 aromatic heterocycles. The Morgan fingerprint density at radius 3 is 1.88 bits per heavy atom. The quantitative estimate of drug-likeness (QED) is 0.706.